The number of anilines is 2. The third-order valence-corrected chi connectivity index (χ3v) is 3.73. The molecule has 0 radical (unpaired) electrons. The number of phenolic OH excluding ortho intramolecular Hbond substituents is 1. The third kappa shape index (κ3) is 3.08. The predicted octanol–water partition coefficient (Wildman–Crippen LogP) is 2.80. The van der Waals surface area contributed by atoms with Crippen molar-refractivity contribution in [3.8, 4) is 5.75 Å². The molecule has 3 rings (SSSR count). The predicted molar refractivity (Wildman–Crippen MR) is 81.2 cm³/mol. The fourth-order valence-corrected chi connectivity index (χ4v) is 2.47. The van der Waals surface area contributed by atoms with Crippen LogP contribution in [0.4, 0.5) is 20.3 Å². The zero-order valence-electron chi connectivity index (χ0n) is 12.2. The molecule has 0 spiro atoms. The Kier molecular flexibility index (Phi) is 4.10. The third-order valence-electron chi connectivity index (χ3n) is 3.73. The minimum atomic E-state index is -1.26. The van der Waals surface area contributed by atoms with Gasteiger partial charge in [-0.2, -0.15) is 4.39 Å². The highest BCUT2D eigenvalue weighted by molar-refractivity contribution is 5.95. The fraction of sp³-hybridized carbons (Fsp3) is 0.250. The highest BCUT2D eigenvalue weighted by Gasteiger charge is 2.21. The lowest BCUT2D eigenvalue weighted by molar-refractivity contribution is -0.117. The molecule has 1 aromatic carbocycles. The molecule has 1 saturated heterocycles. The summed E-state index contributed by atoms with van der Waals surface area (Å²) >= 11 is 0. The van der Waals surface area contributed by atoms with Gasteiger partial charge < -0.3 is 15.3 Å². The van der Waals surface area contributed by atoms with Crippen molar-refractivity contribution in [2.45, 2.75) is 19.4 Å². The summed E-state index contributed by atoms with van der Waals surface area (Å²) in [6.07, 6.45) is 2.95. The minimum absolute atomic E-state index is 0.0258. The second-order valence-electron chi connectivity index (χ2n) is 5.28. The maximum Gasteiger partial charge on any atom is 0.227 e. The molecule has 1 amide bonds. The Bertz CT molecular complexity index is 735. The number of aromatic nitrogens is 1. The van der Waals surface area contributed by atoms with Crippen LogP contribution in [0.3, 0.4) is 0 Å². The maximum absolute atomic E-state index is 13.6. The standard InChI is InChI=1S/C16H15F2N3O2/c17-15-10(3-5-12(22)16(15)18)8-19-13-6-4-11(9-20-13)21-7-1-2-14(21)23/h3-6,9,22H,1-2,7-8H2,(H,19,20). The first-order valence-electron chi connectivity index (χ1n) is 7.22. The quantitative estimate of drug-likeness (QED) is 0.909. The first-order valence-corrected chi connectivity index (χ1v) is 7.22. The van der Waals surface area contributed by atoms with E-state index in [4.69, 9.17) is 5.11 Å². The van der Waals surface area contributed by atoms with Gasteiger partial charge >= 0.3 is 0 Å². The summed E-state index contributed by atoms with van der Waals surface area (Å²) in [6, 6.07) is 5.84. The highest BCUT2D eigenvalue weighted by Crippen LogP contribution is 2.23. The number of nitrogens with one attached hydrogen (secondary N) is 1. The van der Waals surface area contributed by atoms with Gasteiger partial charge in [0.15, 0.2) is 11.6 Å². The fourth-order valence-electron chi connectivity index (χ4n) is 2.47. The molecule has 23 heavy (non-hydrogen) atoms. The summed E-state index contributed by atoms with van der Waals surface area (Å²) in [6.45, 7) is 0.712. The molecule has 2 heterocycles. The summed E-state index contributed by atoms with van der Waals surface area (Å²) in [5.41, 5.74) is 0.806. The van der Waals surface area contributed by atoms with Crippen molar-refractivity contribution in [1.29, 1.82) is 0 Å². The van der Waals surface area contributed by atoms with Crippen LogP contribution in [-0.4, -0.2) is 22.5 Å². The van der Waals surface area contributed by atoms with Gasteiger partial charge in [0.25, 0.3) is 0 Å². The number of benzene rings is 1. The minimum Gasteiger partial charge on any atom is -0.505 e. The van der Waals surface area contributed by atoms with Gasteiger partial charge in [-0.1, -0.05) is 6.07 Å². The topological polar surface area (TPSA) is 65.5 Å². The first-order chi connectivity index (χ1) is 11.1. The Hall–Kier alpha value is -2.70. The largest absolute Gasteiger partial charge is 0.505 e. The Morgan fingerprint density at radius 3 is 2.70 bits per heavy atom. The number of carbonyl (C=O) groups excluding carboxylic acids is 1. The molecule has 2 aromatic rings. The maximum atomic E-state index is 13.6. The van der Waals surface area contributed by atoms with E-state index in [1.165, 1.54) is 6.07 Å². The van der Waals surface area contributed by atoms with Gasteiger partial charge in [0.2, 0.25) is 11.7 Å². The molecule has 2 N–H and O–H groups in total. The van der Waals surface area contributed by atoms with E-state index in [0.29, 0.717) is 18.8 Å². The Morgan fingerprint density at radius 1 is 1.22 bits per heavy atom. The van der Waals surface area contributed by atoms with Crippen molar-refractivity contribution in [1.82, 2.24) is 4.98 Å². The van der Waals surface area contributed by atoms with Crippen molar-refractivity contribution >= 4 is 17.4 Å². The molecule has 1 aromatic heterocycles. The van der Waals surface area contributed by atoms with E-state index in [-0.39, 0.29) is 18.0 Å². The van der Waals surface area contributed by atoms with E-state index in [9.17, 15) is 13.6 Å². The molecule has 0 bridgehead atoms. The average Bonchev–Trinajstić information content (AvgIpc) is 2.99. The number of phenols is 1. The molecule has 0 aliphatic carbocycles. The van der Waals surface area contributed by atoms with E-state index < -0.39 is 17.4 Å². The lowest BCUT2D eigenvalue weighted by atomic mass is 10.2. The Morgan fingerprint density at radius 2 is 2.04 bits per heavy atom. The summed E-state index contributed by atoms with van der Waals surface area (Å²) in [5.74, 6) is -2.51. The second kappa shape index (κ2) is 6.20. The molecule has 0 atom stereocenters. The van der Waals surface area contributed by atoms with Gasteiger partial charge in [0, 0.05) is 25.1 Å². The molecule has 120 valence electrons. The van der Waals surface area contributed by atoms with E-state index >= 15 is 0 Å². The van der Waals surface area contributed by atoms with Gasteiger partial charge in [-0.3, -0.25) is 4.79 Å². The van der Waals surface area contributed by atoms with E-state index in [1.807, 2.05) is 0 Å². The van der Waals surface area contributed by atoms with Crippen molar-refractivity contribution in [2.75, 3.05) is 16.8 Å². The number of carbonyl (C=O) groups is 1. The number of nitrogens with zero attached hydrogens (tertiary/aromatic N) is 2. The van der Waals surface area contributed by atoms with Crippen LogP contribution in [-0.2, 0) is 11.3 Å². The summed E-state index contributed by atoms with van der Waals surface area (Å²) in [5, 5.41) is 12.0. The van der Waals surface area contributed by atoms with Crippen LogP contribution in [0, 0.1) is 11.6 Å². The number of hydrogen-bond acceptors (Lipinski definition) is 4. The second-order valence-corrected chi connectivity index (χ2v) is 5.28. The van der Waals surface area contributed by atoms with Crippen LogP contribution in [0.1, 0.15) is 18.4 Å². The van der Waals surface area contributed by atoms with Gasteiger partial charge in [-0.15, -0.1) is 0 Å². The molecule has 0 unspecified atom stereocenters. The molecular formula is C16H15F2N3O2. The summed E-state index contributed by atoms with van der Waals surface area (Å²) < 4.78 is 26.9. The average molecular weight is 319 g/mol. The number of aromatic hydroxyl groups is 1. The number of amides is 1. The molecule has 1 aliphatic rings. The SMILES string of the molecule is O=C1CCCN1c1ccc(NCc2ccc(O)c(F)c2F)nc1. The lowest BCUT2D eigenvalue weighted by Crippen LogP contribution is -2.23. The van der Waals surface area contributed by atoms with E-state index in [1.54, 1.807) is 23.2 Å². The van der Waals surface area contributed by atoms with Crippen molar-refractivity contribution in [2.24, 2.45) is 0 Å². The highest BCUT2D eigenvalue weighted by atomic mass is 19.2. The Labute approximate surface area is 131 Å². The van der Waals surface area contributed by atoms with Crippen LogP contribution >= 0.6 is 0 Å². The van der Waals surface area contributed by atoms with Gasteiger partial charge in [-0.25, -0.2) is 9.37 Å². The van der Waals surface area contributed by atoms with E-state index in [0.717, 1.165) is 18.2 Å². The monoisotopic (exact) mass is 319 g/mol. The molecule has 0 saturated carbocycles. The van der Waals surface area contributed by atoms with Crippen molar-refractivity contribution in [3.05, 3.63) is 47.7 Å². The number of rotatable bonds is 4. The van der Waals surface area contributed by atoms with Crippen LogP contribution in [0.5, 0.6) is 5.75 Å². The molecular weight excluding hydrogens is 304 g/mol. The van der Waals surface area contributed by atoms with Crippen molar-refractivity contribution < 1.29 is 18.7 Å². The normalized spacial score (nSPS) is 14.3. The van der Waals surface area contributed by atoms with E-state index in [2.05, 4.69) is 10.3 Å². The molecule has 5 nitrogen and oxygen atoms in total. The lowest BCUT2D eigenvalue weighted by Gasteiger charge is -2.15. The van der Waals surface area contributed by atoms with Crippen LogP contribution < -0.4 is 10.2 Å². The Balaban J connectivity index is 1.67. The van der Waals surface area contributed by atoms with Crippen LogP contribution in [0.25, 0.3) is 0 Å². The van der Waals surface area contributed by atoms with Gasteiger partial charge in [0.1, 0.15) is 5.82 Å². The molecule has 1 aliphatic heterocycles. The van der Waals surface area contributed by atoms with Crippen LogP contribution in [0.2, 0.25) is 0 Å². The van der Waals surface area contributed by atoms with Gasteiger partial charge in [-0.05, 0) is 24.6 Å². The summed E-state index contributed by atoms with van der Waals surface area (Å²) in [4.78, 5) is 17.5. The first kappa shape index (κ1) is 15.2. The zero-order chi connectivity index (χ0) is 16.4. The summed E-state index contributed by atoms with van der Waals surface area (Å²) in [7, 11) is 0. The molecule has 7 heteroatoms. The van der Waals surface area contributed by atoms with Crippen molar-refractivity contribution in [3.63, 3.8) is 0 Å². The van der Waals surface area contributed by atoms with Gasteiger partial charge in [0.05, 0.1) is 11.9 Å². The number of pyridine rings is 1. The number of hydrogen-bond donors (Lipinski definition) is 2. The molecule has 1 fully saturated rings. The number of halogens is 2. The zero-order valence-corrected chi connectivity index (χ0v) is 12.2. The van der Waals surface area contributed by atoms with Crippen LogP contribution in [0.15, 0.2) is 30.5 Å². The smallest absolute Gasteiger partial charge is 0.227 e.